The van der Waals surface area contributed by atoms with Gasteiger partial charge in [-0.3, -0.25) is 4.98 Å². The van der Waals surface area contributed by atoms with Crippen molar-refractivity contribution in [2.45, 2.75) is 25.2 Å². The Morgan fingerprint density at radius 1 is 0.767 bits per heavy atom. The molecule has 0 fully saturated rings. The number of fused-ring (bicyclic) bond motifs is 1. The van der Waals surface area contributed by atoms with Crippen LogP contribution >= 0.6 is 17.0 Å². The smallest absolute Gasteiger partial charge is 0.123 e. The summed E-state index contributed by atoms with van der Waals surface area (Å²) >= 11 is 0. The van der Waals surface area contributed by atoms with Gasteiger partial charge < -0.3 is 5.11 Å². The Balaban J connectivity index is 0.00000256. The molecule has 5 heteroatoms. The van der Waals surface area contributed by atoms with E-state index >= 15 is 0 Å². The molecular formula is C25H22BrF2NO. The van der Waals surface area contributed by atoms with Crippen molar-refractivity contribution in [1.82, 2.24) is 4.98 Å². The Morgan fingerprint density at radius 3 is 1.97 bits per heavy atom. The van der Waals surface area contributed by atoms with Crippen molar-refractivity contribution in [3.8, 4) is 5.75 Å². The first kappa shape index (κ1) is 21.9. The second-order valence-corrected chi connectivity index (χ2v) is 7.18. The number of hydrogen-bond donors (Lipinski definition) is 1. The second kappa shape index (κ2) is 9.81. The van der Waals surface area contributed by atoms with Crippen LogP contribution in [0.15, 0.2) is 79.0 Å². The Morgan fingerprint density at radius 2 is 1.37 bits per heavy atom. The number of pyridine rings is 1. The topological polar surface area (TPSA) is 33.1 Å². The van der Waals surface area contributed by atoms with Crippen LogP contribution in [0.3, 0.4) is 0 Å². The van der Waals surface area contributed by atoms with Crippen molar-refractivity contribution < 1.29 is 13.9 Å². The minimum atomic E-state index is -0.272. The van der Waals surface area contributed by atoms with Crippen LogP contribution in [0.25, 0.3) is 10.8 Å². The molecule has 1 heterocycles. The van der Waals surface area contributed by atoms with Gasteiger partial charge in [0.2, 0.25) is 0 Å². The van der Waals surface area contributed by atoms with Gasteiger partial charge in [-0.2, -0.15) is 0 Å². The highest BCUT2D eigenvalue weighted by atomic mass is 79.9. The quantitative estimate of drug-likeness (QED) is 0.331. The van der Waals surface area contributed by atoms with E-state index in [9.17, 15) is 13.9 Å². The molecule has 0 bridgehead atoms. The minimum absolute atomic E-state index is 0. The van der Waals surface area contributed by atoms with E-state index in [1.54, 1.807) is 36.5 Å². The Bertz CT molecular complexity index is 1070. The maximum Gasteiger partial charge on any atom is 0.123 e. The maximum atomic E-state index is 13.4. The third-order valence-electron chi connectivity index (χ3n) is 5.32. The molecule has 1 aromatic heterocycles. The fourth-order valence-electron chi connectivity index (χ4n) is 3.84. The molecule has 4 aromatic rings. The molecule has 0 unspecified atom stereocenters. The van der Waals surface area contributed by atoms with Crippen molar-refractivity contribution in [3.63, 3.8) is 0 Å². The number of benzene rings is 3. The highest BCUT2D eigenvalue weighted by molar-refractivity contribution is 8.93. The lowest BCUT2D eigenvalue weighted by molar-refractivity contribution is 0.481. The van der Waals surface area contributed by atoms with Gasteiger partial charge in [-0.05, 0) is 66.8 Å². The van der Waals surface area contributed by atoms with Gasteiger partial charge in [0, 0.05) is 28.6 Å². The fourth-order valence-corrected chi connectivity index (χ4v) is 3.84. The van der Waals surface area contributed by atoms with E-state index in [1.165, 1.54) is 24.3 Å². The molecule has 0 aliphatic rings. The predicted molar refractivity (Wildman–Crippen MR) is 121 cm³/mol. The van der Waals surface area contributed by atoms with E-state index in [-0.39, 0.29) is 40.3 Å². The summed E-state index contributed by atoms with van der Waals surface area (Å²) in [4.78, 5) is 4.50. The first-order valence-corrected chi connectivity index (χ1v) is 9.68. The molecule has 3 aromatic carbocycles. The summed E-state index contributed by atoms with van der Waals surface area (Å²) in [5, 5.41) is 11.8. The number of halogens is 3. The largest absolute Gasteiger partial charge is 0.507 e. The van der Waals surface area contributed by atoms with Crippen LogP contribution in [0.2, 0.25) is 0 Å². The lowest BCUT2D eigenvalue weighted by Gasteiger charge is -2.18. The highest BCUT2D eigenvalue weighted by Gasteiger charge is 2.15. The zero-order chi connectivity index (χ0) is 20.2. The highest BCUT2D eigenvalue weighted by Crippen LogP contribution is 2.31. The van der Waals surface area contributed by atoms with Crippen LogP contribution in [0.4, 0.5) is 8.78 Å². The minimum Gasteiger partial charge on any atom is -0.507 e. The van der Waals surface area contributed by atoms with E-state index in [0.717, 1.165) is 46.9 Å². The molecule has 2 nitrogen and oxygen atoms in total. The Hall–Kier alpha value is -2.79. The van der Waals surface area contributed by atoms with Crippen LogP contribution in [0, 0.1) is 11.6 Å². The average Bonchev–Trinajstić information content (AvgIpc) is 2.74. The van der Waals surface area contributed by atoms with Crippen molar-refractivity contribution >= 4 is 27.8 Å². The van der Waals surface area contributed by atoms with E-state index in [1.807, 2.05) is 18.2 Å². The molecular weight excluding hydrogens is 448 g/mol. The second-order valence-electron chi connectivity index (χ2n) is 7.18. The summed E-state index contributed by atoms with van der Waals surface area (Å²) in [6, 6.07) is 20.3. The number of phenols is 1. The Kier molecular flexibility index (Phi) is 7.16. The number of nitrogens with zero attached hydrogens (tertiary/aromatic N) is 1. The summed E-state index contributed by atoms with van der Waals surface area (Å²) in [5.74, 6) is -0.251. The lowest BCUT2D eigenvalue weighted by Crippen LogP contribution is -2.03. The first-order chi connectivity index (χ1) is 14.1. The number of phenolic OH excluding ortho intramolecular Hbond substituents is 1. The summed E-state index contributed by atoms with van der Waals surface area (Å²) < 4.78 is 26.8. The molecule has 0 amide bonds. The normalized spacial score (nSPS) is 10.9. The Labute approximate surface area is 185 Å². The summed E-state index contributed by atoms with van der Waals surface area (Å²) in [5.41, 5.74) is 2.94. The third kappa shape index (κ3) is 4.85. The standard InChI is InChI=1S/C25H21F2NO.BrH/c26-19-11-7-17(8-12-19)21(18-9-13-20(27)14-10-18)3-1-5-24-22-4-2-6-25(29)23(22)15-16-28-24;/h2,4,6-16,21,29H,1,3,5H2;1H. The molecule has 154 valence electrons. The van der Waals surface area contributed by atoms with Crippen LogP contribution in [0.1, 0.15) is 35.6 Å². The van der Waals surface area contributed by atoms with E-state index in [0.29, 0.717) is 0 Å². The monoisotopic (exact) mass is 469 g/mol. The van der Waals surface area contributed by atoms with Crippen LogP contribution in [0.5, 0.6) is 5.75 Å². The van der Waals surface area contributed by atoms with Gasteiger partial charge in [-0.1, -0.05) is 36.4 Å². The summed E-state index contributed by atoms with van der Waals surface area (Å²) in [7, 11) is 0. The molecule has 0 radical (unpaired) electrons. The van der Waals surface area contributed by atoms with Crippen LogP contribution in [-0.2, 0) is 6.42 Å². The number of rotatable bonds is 6. The summed E-state index contributed by atoms with van der Waals surface area (Å²) in [6.07, 6.45) is 4.13. The third-order valence-corrected chi connectivity index (χ3v) is 5.32. The maximum absolute atomic E-state index is 13.4. The number of aromatic hydroxyl groups is 1. The molecule has 30 heavy (non-hydrogen) atoms. The van der Waals surface area contributed by atoms with Crippen LogP contribution in [-0.4, -0.2) is 10.1 Å². The van der Waals surface area contributed by atoms with Crippen molar-refractivity contribution in [1.29, 1.82) is 0 Å². The molecule has 1 N–H and O–H groups in total. The number of hydrogen-bond acceptors (Lipinski definition) is 2. The van der Waals surface area contributed by atoms with Crippen molar-refractivity contribution in [3.05, 3.63) is 107 Å². The SMILES string of the molecule is Br.Oc1cccc2c(CCCC(c3ccc(F)cc3)c3ccc(F)cc3)nccc12. The molecule has 0 aliphatic heterocycles. The lowest BCUT2D eigenvalue weighted by atomic mass is 9.86. The number of aryl methyl sites for hydroxylation is 1. The predicted octanol–water partition coefficient (Wildman–Crippen LogP) is 6.95. The molecule has 0 aliphatic carbocycles. The van der Waals surface area contributed by atoms with Gasteiger partial charge in [0.1, 0.15) is 17.4 Å². The van der Waals surface area contributed by atoms with Gasteiger partial charge in [0.05, 0.1) is 0 Å². The fraction of sp³-hybridized carbons (Fsp3) is 0.160. The first-order valence-electron chi connectivity index (χ1n) is 9.68. The van der Waals surface area contributed by atoms with Gasteiger partial charge >= 0.3 is 0 Å². The average molecular weight is 470 g/mol. The molecule has 0 spiro atoms. The van der Waals surface area contributed by atoms with Crippen LogP contribution < -0.4 is 0 Å². The van der Waals surface area contributed by atoms with E-state index in [2.05, 4.69) is 4.98 Å². The van der Waals surface area contributed by atoms with Crippen molar-refractivity contribution in [2.24, 2.45) is 0 Å². The molecule has 0 saturated carbocycles. The van der Waals surface area contributed by atoms with Gasteiger partial charge in [0.15, 0.2) is 0 Å². The van der Waals surface area contributed by atoms with Gasteiger partial charge in [-0.25, -0.2) is 8.78 Å². The van der Waals surface area contributed by atoms with Gasteiger partial charge in [-0.15, -0.1) is 17.0 Å². The molecule has 4 rings (SSSR count). The molecule has 0 atom stereocenters. The van der Waals surface area contributed by atoms with Crippen molar-refractivity contribution in [2.75, 3.05) is 0 Å². The molecule has 0 saturated heterocycles. The number of aromatic nitrogens is 1. The summed E-state index contributed by atoms with van der Waals surface area (Å²) in [6.45, 7) is 0. The van der Waals surface area contributed by atoms with Gasteiger partial charge in [0.25, 0.3) is 0 Å². The zero-order valence-electron chi connectivity index (χ0n) is 16.3. The zero-order valence-corrected chi connectivity index (χ0v) is 18.0. The van der Waals surface area contributed by atoms with E-state index < -0.39 is 0 Å². The van der Waals surface area contributed by atoms with E-state index in [4.69, 9.17) is 0 Å².